The summed E-state index contributed by atoms with van der Waals surface area (Å²) in [5.74, 6) is 45.8. The molecule has 3 rings (SSSR count). The molecule has 2 nitrogen and oxygen atoms in total. The number of hydrogen-bond donors (Lipinski definition) is 1. The van der Waals surface area contributed by atoms with E-state index in [1.54, 1.807) is 0 Å². The number of unbranched alkanes of at least 4 members (excludes halogenated alkanes) is 22. The molecule has 0 fully saturated rings. The molecule has 0 aliphatic carbocycles. The summed E-state index contributed by atoms with van der Waals surface area (Å²) < 4.78 is 0. The number of rotatable bonds is 35. The first kappa shape index (κ1) is 77.3. The first-order chi connectivity index (χ1) is 42.9. The monoisotopic (exact) mass is 1230 g/mol. The molecule has 1 N–H and O–H groups in total. The maximum absolute atomic E-state index is 13.9. The number of amides is 1. The fourth-order valence-corrected chi connectivity index (χ4v) is 23.7. The summed E-state index contributed by atoms with van der Waals surface area (Å²) in [5, 5.41) is 3.15. The highest BCUT2D eigenvalue weighted by atomic mass is 28.3. The third-order valence-electron chi connectivity index (χ3n) is 18.3. The molecule has 3 aromatic rings. The van der Waals surface area contributed by atoms with Crippen LogP contribution in [0, 0.1) is 94.0 Å². The zero-order chi connectivity index (χ0) is 65.1. The van der Waals surface area contributed by atoms with Crippen LogP contribution in [-0.4, -0.2) is 28.6 Å². The van der Waals surface area contributed by atoms with Crippen LogP contribution in [0.3, 0.4) is 0 Å². The van der Waals surface area contributed by atoms with Crippen molar-refractivity contribution >= 4 is 22.1 Å². The molecule has 0 radical (unpaired) electrons. The van der Waals surface area contributed by atoms with E-state index in [4.69, 9.17) is 0 Å². The quantitative estimate of drug-likeness (QED) is 0.0355. The lowest BCUT2D eigenvalue weighted by Crippen LogP contribution is -2.43. The molecule has 0 saturated heterocycles. The predicted octanol–water partition coefficient (Wildman–Crippen LogP) is 22.7. The number of carbonyl (C=O) groups is 1. The van der Waals surface area contributed by atoms with Gasteiger partial charge < -0.3 is 5.32 Å². The van der Waals surface area contributed by atoms with Crippen LogP contribution in [0.4, 0.5) is 0 Å². The highest BCUT2D eigenvalue weighted by Crippen LogP contribution is 2.42. The molecule has 0 saturated carbocycles. The van der Waals surface area contributed by atoms with Gasteiger partial charge in [0.05, 0.1) is 0 Å². The van der Waals surface area contributed by atoms with Crippen LogP contribution in [0.1, 0.15) is 326 Å². The lowest BCUT2D eigenvalue weighted by Gasteiger charge is -2.38. The van der Waals surface area contributed by atoms with E-state index in [1.165, 1.54) is 133 Å². The van der Waals surface area contributed by atoms with Crippen molar-refractivity contribution in [2.45, 2.75) is 317 Å². The van der Waals surface area contributed by atoms with Gasteiger partial charge in [0.15, 0.2) is 0 Å². The van der Waals surface area contributed by atoms with Gasteiger partial charge in [0, 0.05) is 58.3 Å². The van der Waals surface area contributed by atoms with Gasteiger partial charge in [-0.3, -0.25) is 4.79 Å². The minimum Gasteiger partial charge on any atom is -0.352 e. The molecule has 89 heavy (non-hydrogen) atoms. The summed E-state index contributed by atoms with van der Waals surface area (Å²) in [4.78, 5) is 13.9. The second-order valence-corrected chi connectivity index (χ2v) is 38.4. The van der Waals surface area contributed by atoms with E-state index in [9.17, 15) is 4.79 Å². The summed E-state index contributed by atoms with van der Waals surface area (Å²) in [6.07, 6.45) is 33.7. The lowest BCUT2D eigenvalue weighted by molar-refractivity contribution is 0.0953. The van der Waals surface area contributed by atoms with Crippen LogP contribution in [0.5, 0.6) is 0 Å². The molecule has 0 aliphatic rings. The molecule has 0 bridgehead atoms. The van der Waals surface area contributed by atoms with Crippen LogP contribution in [0.15, 0.2) is 54.6 Å². The SMILES string of the molecule is CCCCCCCCCCCCC#CC#CCCCCNC(=O)c1cc(C#CC#Cc2cc(C#C[Si](C(C)C)(C(C)C)C(C)C)cc(CCCCCCCC)c2)cc(C#CC#Cc2cc(C#C[Si](C(C)C)(C(C)C)C(C)C)cc(CCCCCCCC)c2)c1. The van der Waals surface area contributed by atoms with Crippen molar-refractivity contribution in [3.63, 3.8) is 0 Å². The van der Waals surface area contributed by atoms with Gasteiger partial charge in [-0.05, 0) is 179 Å². The fraction of sp³-hybridized carbons (Fsp3) is 0.588. The fourth-order valence-electron chi connectivity index (χ4n) is 13.3. The van der Waals surface area contributed by atoms with Gasteiger partial charge in [-0.15, -0.1) is 11.1 Å². The zero-order valence-corrected chi connectivity index (χ0v) is 61.1. The van der Waals surface area contributed by atoms with E-state index in [2.05, 4.69) is 240 Å². The number of hydrogen-bond acceptors (Lipinski definition) is 1. The minimum absolute atomic E-state index is 0.164. The smallest absolute Gasteiger partial charge is 0.251 e. The van der Waals surface area contributed by atoms with Crippen LogP contribution in [-0.2, 0) is 12.8 Å². The lowest BCUT2D eigenvalue weighted by atomic mass is 10.0. The van der Waals surface area contributed by atoms with E-state index in [-0.39, 0.29) is 5.91 Å². The Bertz CT molecular complexity index is 2910. The minimum atomic E-state index is -1.94. The Morgan fingerprint density at radius 3 is 0.944 bits per heavy atom. The molecule has 0 aliphatic heterocycles. The van der Waals surface area contributed by atoms with Gasteiger partial charge in [0.1, 0.15) is 16.1 Å². The molecule has 478 valence electrons. The Hall–Kier alpha value is -5.96. The van der Waals surface area contributed by atoms with E-state index in [1.807, 2.05) is 18.2 Å². The Morgan fingerprint density at radius 2 is 0.618 bits per heavy atom. The van der Waals surface area contributed by atoms with Crippen LogP contribution >= 0.6 is 0 Å². The average molecular weight is 1230 g/mol. The van der Waals surface area contributed by atoms with Gasteiger partial charge in [0.25, 0.3) is 5.91 Å². The molecule has 0 unspecified atom stereocenters. The van der Waals surface area contributed by atoms with Crippen LogP contribution in [0.25, 0.3) is 0 Å². The van der Waals surface area contributed by atoms with Gasteiger partial charge in [-0.25, -0.2) is 0 Å². The Kier molecular flexibility index (Phi) is 39.4. The number of carbonyl (C=O) groups excluding carboxylic acids is 1. The van der Waals surface area contributed by atoms with Crippen molar-refractivity contribution in [2.24, 2.45) is 0 Å². The summed E-state index contributed by atoms with van der Waals surface area (Å²) in [7, 11) is -3.87. The standard InChI is InChI=1S/C85H119NOSi2/c1-16-19-22-25-28-29-30-31-32-33-34-35-36-37-38-39-42-49-58-86-85(87)84-68-80(54-47-45-52-78-61-76(50-43-40-26-23-20-17-2)63-82(65-78)56-59-88(70(4)5,71(6)7)72(8)9)67-81(69-84)55-48-46-53-79-62-77(51-44-41-27-24-21-18-3)64-83(66-79)57-60-89(73(10)11,74(12)13)75(14)15/h61-75H,16-34,39-44,49-51,58H2,1-15H3,(H,86,87). The predicted molar refractivity (Wildman–Crippen MR) is 395 cm³/mol. The van der Waals surface area contributed by atoms with Crippen LogP contribution < -0.4 is 5.32 Å². The number of aryl methyl sites for hydroxylation is 2. The molecule has 4 heteroatoms. The Labute approximate surface area is 550 Å². The van der Waals surface area contributed by atoms with E-state index >= 15 is 0 Å². The largest absolute Gasteiger partial charge is 0.352 e. The second kappa shape index (κ2) is 45.3. The van der Waals surface area contributed by atoms with E-state index in [0.717, 1.165) is 80.0 Å². The van der Waals surface area contributed by atoms with Gasteiger partial charge >= 0.3 is 0 Å². The molecule has 0 aromatic heterocycles. The maximum atomic E-state index is 13.9. The van der Waals surface area contributed by atoms with E-state index < -0.39 is 16.1 Å². The maximum Gasteiger partial charge on any atom is 0.251 e. The summed E-state index contributed by atoms with van der Waals surface area (Å²) >= 11 is 0. The highest BCUT2D eigenvalue weighted by molar-refractivity contribution is 6.91. The van der Waals surface area contributed by atoms with E-state index in [0.29, 0.717) is 56.5 Å². The molecule has 1 amide bonds. The summed E-state index contributed by atoms with van der Waals surface area (Å²) in [5.41, 5.74) is 19.6. The van der Waals surface area contributed by atoms with Crippen molar-refractivity contribution in [3.05, 3.63) is 105 Å². The molecular weight excluding hydrogens is 1110 g/mol. The van der Waals surface area contributed by atoms with Crippen molar-refractivity contribution in [1.29, 1.82) is 0 Å². The Balaban J connectivity index is 1.99. The second-order valence-electron chi connectivity index (χ2n) is 27.2. The molecule has 0 atom stereocenters. The highest BCUT2D eigenvalue weighted by Gasteiger charge is 2.42. The third-order valence-corrected chi connectivity index (χ3v) is 30.8. The van der Waals surface area contributed by atoms with Gasteiger partial charge in [-0.2, -0.15) is 0 Å². The van der Waals surface area contributed by atoms with Crippen LogP contribution in [0.2, 0.25) is 33.2 Å². The van der Waals surface area contributed by atoms with Crippen molar-refractivity contribution in [3.8, 4) is 94.0 Å². The average Bonchev–Trinajstić information content (AvgIpc) is 3.68. The zero-order valence-electron chi connectivity index (χ0n) is 59.1. The van der Waals surface area contributed by atoms with Gasteiger partial charge in [-0.1, -0.05) is 273 Å². The Morgan fingerprint density at radius 1 is 0.337 bits per heavy atom. The molecule has 3 aromatic carbocycles. The number of benzene rings is 3. The summed E-state index contributed by atoms with van der Waals surface area (Å²) in [6.45, 7) is 35.8. The van der Waals surface area contributed by atoms with Crippen molar-refractivity contribution in [1.82, 2.24) is 5.32 Å². The molecule has 0 heterocycles. The molecule has 0 spiro atoms. The summed E-state index contributed by atoms with van der Waals surface area (Å²) in [6, 6.07) is 19.0. The topological polar surface area (TPSA) is 29.1 Å². The van der Waals surface area contributed by atoms with Gasteiger partial charge in [0.2, 0.25) is 0 Å². The first-order valence-electron chi connectivity index (χ1n) is 35.7. The number of nitrogens with one attached hydrogen (secondary N) is 1. The first-order valence-corrected chi connectivity index (χ1v) is 40.2. The van der Waals surface area contributed by atoms with Crippen molar-refractivity contribution < 1.29 is 4.79 Å². The normalized spacial score (nSPS) is 11.0. The van der Waals surface area contributed by atoms with Crippen molar-refractivity contribution in [2.75, 3.05) is 6.54 Å². The third kappa shape index (κ3) is 29.7. The molecular formula is C85H119NOSi2.